The lowest BCUT2D eigenvalue weighted by Gasteiger charge is -2.31. The third kappa shape index (κ3) is 6.77. The van der Waals surface area contributed by atoms with E-state index in [0.717, 1.165) is 18.2 Å². The predicted octanol–water partition coefficient (Wildman–Crippen LogP) is 4.42. The first-order valence-electron chi connectivity index (χ1n) is 13.2. The molecule has 244 valence electrons. The number of rotatable bonds is 9. The topological polar surface area (TPSA) is 136 Å². The zero-order valence-electron chi connectivity index (χ0n) is 23.9. The molecule has 0 aliphatic carbocycles. The van der Waals surface area contributed by atoms with Crippen molar-refractivity contribution in [2.24, 2.45) is 5.73 Å². The van der Waals surface area contributed by atoms with Crippen LogP contribution in [0.3, 0.4) is 0 Å². The highest BCUT2D eigenvalue weighted by atomic mass is 19.4. The van der Waals surface area contributed by atoms with E-state index < -0.39 is 70.4 Å². The van der Waals surface area contributed by atoms with Gasteiger partial charge in [0, 0.05) is 16.7 Å². The molecule has 1 aliphatic heterocycles. The molecule has 0 fully saturated rings. The number of nitrogens with zero attached hydrogens (tertiary/aromatic N) is 1. The molecule has 2 aromatic carbocycles. The van der Waals surface area contributed by atoms with Crippen molar-refractivity contribution in [3.8, 4) is 28.5 Å². The molecular weight excluding hydrogens is 619 g/mol. The molecule has 9 nitrogen and oxygen atoms in total. The van der Waals surface area contributed by atoms with Crippen LogP contribution in [0.15, 0.2) is 42.5 Å². The molecule has 4 rings (SSSR count). The molecule has 3 aromatic rings. The van der Waals surface area contributed by atoms with E-state index in [0.29, 0.717) is 12.1 Å². The number of nitrogens with two attached hydrogens (primary N) is 1. The first-order chi connectivity index (χ1) is 20.8. The van der Waals surface area contributed by atoms with Crippen molar-refractivity contribution >= 4 is 5.91 Å². The van der Waals surface area contributed by atoms with Gasteiger partial charge in [0.05, 0.1) is 36.6 Å². The average Bonchev–Trinajstić information content (AvgIpc) is 3.27. The maximum Gasteiger partial charge on any atom is 0.424 e. The minimum atomic E-state index is -5.49. The molecule has 45 heavy (non-hydrogen) atoms. The third-order valence-corrected chi connectivity index (χ3v) is 6.95. The standard InChI is InChI=1S/C29H28F7N3O6/c1-14(40)11-44-20-7-5-16(9-21(20)43-3)25(41)38-12-27(42,29(34,35)36)22-10-18-24(45-13-26(18,2)37)23(39-22)15-4-6-19(30)17(8-15)28(31,32)33/h4-10,14,40,42H,11-13,37H2,1-3H3,(H,38,41). The number of carbonyl (C=O) groups is 1. The van der Waals surface area contributed by atoms with Gasteiger partial charge in [-0.3, -0.25) is 4.79 Å². The number of hydrogen-bond donors (Lipinski definition) is 4. The molecule has 3 atom stereocenters. The number of halogens is 7. The quantitative estimate of drug-likeness (QED) is 0.251. The van der Waals surface area contributed by atoms with Gasteiger partial charge in [0.25, 0.3) is 5.91 Å². The van der Waals surface area contributed by atoms with Crippen LogP contribution in [-0.4, -0.2) is 60.3 Å². The van der Waals surface area contributed by atoms with E-state index in [1.165, 1.54) is 33.1 Å². The number of hydrogen-bond acceptors (Lipinski definition) is 8. The molecule has 1 aromatic heterocycles. The number of aliphatic hydroxyl groups is 2. The van der Waals surface area contributed by atoms with E-state index in [1.807, 2.05) is 5.32 Å². The summed E-state index contributed by atoms with van der Waals surface area (Å²) in [6.07, 6.45) is -11.5. The van der Waals surface area contributed by atoms with Crippen molar-refractivity contribution in [2.75, 3.05) is 26.9 Å². The van der Waals surface area contributed by atoms with Gasteiger partial charge in [0.15, 0.2) is 17.2 Å². The normalized spacial score (nSPS) is 18.4. The van der Waals surface area contributed by atoms with Crippen LogP contribution < -0.4 is 25.3 Å². The van der Waals surface area contributed by atoms with E-state index in [9.17, 15) is 45.7 Å². The van der Waals surface area contributed by atoms with Gasteiger partial charge in [0.1, 0.15) is 24.7 Å². The van der Waals surface area contributed by atoms with Gasteiger partial charge in [-0.15, -0.1) is 0 Å². The van der Waals surface area contributed by atoms with Crippen LogP contribution in [0.1, 0.15) is 41.0 Å². The monoisotopic (exact) mass is 647 g/mol. The molecule has 2 heterocycles. The minimum absolute atomic E-state index is 0.0269. The van der Waals surface area contributed by atoms with E-state index in [2.05, 4.69) is 4.98 Å². The van der Waals surface area contributed by atoms with Crippen LogP contribution >= 0.6 is 0 Å². The first-order valence-corrected chi connectivity index (χ1v) is 13.2. The summed E-state index contributed by atoms with van der Waals surface area (Å²) in [5.74, 6) is -2.78. The Morgan fingerprint density at radius 1 is 1.13 bits per heavy atom. The number of fused-ring (bicyclic) bond motifs is 1. The summed E-state index contributed by atoms with van der Waals surface area (Å²) in [6.45, 7) is 0.957. The van der Waals surface area contributed by atoms with E-state index in [-0.39, 0.29) is 41.6 Å². The van der Waals surface area contributed by atoms with Crippen LogP contribution in [0.25, 0.3) is 11.3 Å². The van der Waals surface area contributed by atoms with Crippen molar-refractivity contribution in [3.63, 3.8) is 0 Å². The number of benzene rings is 2. The average molecular weight is 648 g/mol. The second kappa shape index (κ2) is 12.0. The zero-order valence-corrected chi connectivity index (χ0v) is 23.9. The second-order valence-corrected chi connectivity index (χ2v) is 10.7. The Kier molecular flexibility index (Phi) is 8.98. The van der Waals surface area contributed by atoms with Crippen LogP contribution in [0.4, 0.5) is 30.7 Å². The summed E-state index contributed by atoms with van der Waals surface area (Å²) in [4.78, 5) is 16.8. The SMILES string of the molecule is COc1cc(C(=O)NCC(O)(c2cc3c(c(-c4ccc(F)c(C(F)(F)F)c4)n2)OCC3(C)N)C(F)(F)F)ccc1OCC(C)O. The fraction of sp³-hybridized carbons (Fsp3) is 0.379. The predicted molar refractivity (Wildman–Crippen MR) is 144 cm³/mol. The number of nitrogens with one attached hydrogen (secondary N) is 1. The maximum absolute atomic E-state index is 14.6. The lowest BCUT2D eigenvalue weighted by molar-refractivity contribution is -0.265. The molecule has 5 N–H and O–H groups in total. The molecule has 0 saturated heterocycles. The van der Waals surface area contributed by atoms with Crippen molar-refractivity contribution in [1.82, 2.24) is 10.3 Å². The Labute approximate surface area is 251 Å². The van der Waals surface area contributed by atoms with E-state index >= 15 is 0 Å². The van der Waals surface area contributed by atoms with Crippen molar-refractivity contribution in [1.29, 1.82) is 0 Å². The summed E-state index contributed by atoms with van der Waals surface area (Å²) >= 11 is 0. The second-order valence-electron chi connectivity index (χ2n) is 10.7. The first kappa shape index (κ1) is 33.7. The smallest absolute Gasteiger partial charge is 0.424 e. The van der Waals surface area contributed by atoms with Crippen molar-refractivity contribution in [3.05, 3.63) is 70.7 Å². The Hall–Kier alpha value is -4.15. The molecule has 0 bridgehead atoms. The fourth-order valence-corrected chi connectivity index (χ4v) is 4.49. The minimum Gasteiger partial charge on any atom is -0.493 e. The highest BCUT2D eigenvalue weighted by Crippen LogP contribution is 2.47. The molecule has 1 amide bonds. The van der Waals surface area contributed by atoms with Crippen LogP contribution in [0.2, 0.25) is 0 Å². The van der Waals surface area contributed by atoms with E-state index in [4.69, 9.17) is 19.9 Å². The number of pyridine rings is 1. The summed E-state index contributed by atoms with van der Waals surface area (Å²) in [7, 11) is 1.25. The number of carbonyl (C=O) groups excluding carboxylic acids is 1. The van der Waals surface area contributed by atoms with Crippen LogP contribution in [0.5, 0.6) is 17.2 Å². The van der Waals surface area contributed by atoms with Gasteiger partial charge in [0.2, 0.25) is 5.60 Å². The Bertz CT molecular complexity index is 1590. The summed E-state index contributed by atoms with van der Waals surface area (Å²) in [5.41, 5.74) is -3.29. The number of alkyl halides is 6. The van der Waals surface area contributed by atoms with E-state index in [1.54, 1.807) is 0 Å². The van der Waals surface area contributed by atoms with Gasteiger partial charge >= 0.3 is 12.4 Å². The van der Waals surface area contributed by atoms with Crippen LogP contribution in [0, 0.1) is 5.82 Å². The van der Waals surface area contributed by atoms with Crippen molar-refractivity contribution < 1.29 is 60.0 Å². The number of amides is 1. The van der Waals surface area contributed by atoms with Gasteiger partial charge in [-0.2, -0.15) is 26.3 Å². The fourth-order valence-electron chi connectivity index (χ4n) is 4.49. The molecule has 1 aliphatic rings. The number of aromatic nitrogens is 1. The lowest BCUT2D eigenvalue weighted by Crippen LogP contribution is -2.51. The lowest BCUT2D eigenvalue weighted by atomic mass is 9.89. The number of ether oxygens (including phenoxy) is 3. The maximum atomic E-state index is 14.6. The molecule has 0 radical (unpaired) electrons. The summed E-state index contributed by atoms with van der Waals surface area (Å²) < 4.78 is 114. The van der Waals surface area contributed by atoms with Gasteiger partial charge in [-0.05, 0) is 56.3 Å². The third-order valence-electron chi connectivity index (χ3n) is 6.95. The highest BCUT2D eigenvalue weighted by molar-refractivity contribution is 5.95. The molecule has 16 heteroatoms. The molecule has 3 unspecified atom stereocenters. The van der Waals surface area contributed by atoms with Crippen LogP contribution in [-0.2, 0) is 17.3 Å². The molecular formula is C29H28F7N3O6. The van der Waals surface area contributed by atoms with Gasteiger partial charge < -0.3 is 35.5 Å². The largest absolute Gasteiger partial charge is 0.493 e. The summed E-state index contributed by atoms with van der Waals surface area (Å²) in [5, 5.41) is 22.5. The Morgan fingerprint density at radius 3 is 2.42 bits per heavy atom. The highest BCUT2D eigenvalue weighted by Gasteiger charge is 2.57. The van der Waals surface area contributed by atoms with Gasteiger partial charge in [-0.25, -0.2) is 9.37 Å². The number of methoxy groups -OCH3 is 1. The Morgan fingerprint density at radius 2 is 1.82 bits per heavy atom. The van der Waals surface area contributed by atoms with Gasteiger partial charge in [-0.1, -0.05) is 0 Å². The Balaban J connectivity index is 1.76. The summed E-state index contributed by atoms with van der Waals surface area (Å²) in [6, 6.07) is 6.15. The molecule has 0 spiro atoms. The zero-order chi connectivity index (χ0) is 33.5. The van der Waals surface area contributed by atoms with Crippen molar-refractivity contribution in [2.45, 2.75) is 43.4 Å². The molecule has 0 saturated carbocycles. The number of aliphatic hydroxyl groups excluding tert-OH is 1.